The molecule has 0 bridgehead atoms. The molecular formula is C15H13F3. The molecular weight excluding hydrogens is 237 g/mol. The van der Waals surface area contributed by atoms with Gasteiger partial charge in [-0.15, -0.1) is 0 Å². The highest BCUT2D eigenvalue weighted by molar-refractivity contribution is 5.68. The van der Waals surface area contributed by atoms with E-state index < -0.39 is 11.7 Å². The first-order valence-electron chi connectivity index (χ1n) is 5.78. The SMILES string of the molecule is CCc1ccc(-c2ccccc2C(F)(F)F)cc1. The van der Waals surface area contributed by atoms with Crippen LogP contribution in [0.5, 0.6) is 0 Å². The molecule has 0 amide bonds. The largest absolute Gasteiger partial charge is 0.417 e. The van der Waals surface area contributed by atoms with Crippen molar-refractivity contribution in [2.24, 2.45) is 0 Å². The van der Waals surface area contributed by atoms with Gasteiger partial charge in [-0.05, 0) is 29.2 Å². The Hall–Kier alpha value is -1.77. The van der Waals surface area contributed by atoms with Gasteiger partial charge in [0.2, 0.25) is 0 Å². The molecule has 0 saturated heterocycles. The molecule has 94 valence electrons. The maximum atomic E-state index is 12.9. The molecule has 0 saturated carbocycles. The monoisotopic (exact) mass is 250 g/mol. The molecule has 0 fully saturated rings. The van der Waals surface area contributed by atoms with Gasteiger partial charge in [0.15, 0.2) is 0 Å². The van der Waals surface area contributed by atoms with E-state index in [-0.39, 0.29) is 5.56 Å². The van der Waals surface area contributed by atoms with Gasteiger partial charge in [0.1, 0.15) is 0 Å². The second-order valence-electron chi connectivity index (χ2n) is 4.09. The van der Waals surface area contributed by atoms with E-state index in [4.69, 9.17) is 0 Å². The second-order valence-corrected chi connectivity index (χ2v) is 4.09. The van der Waals surface area contributed by atoms with Crippen LogP contribution in [0.4, 0.5) is 13.2 Å². The molecule has 0 unspecified atom stereocenters. The fraction of sp³-hybridized carbons (Fsp3) is 0.200. The molecule has 18 heavy (non-hydrogen) atoms. The summed E-state index contributed by atoms with van der Waals surface area (Å²) in [5.41, 5.74) is 1.35. The second kappa shape index (κ2) is 4.84. The van der Waals surface area contributed by atoms with Crippen LogP contribution in [-0.2, 0) is 12.6 Å². The third kappa shape index (κ3) is 2.55. The maximum Gasteiger partial charge on any atom is 0.417 e. The molecule has 2 aromatic rings. The average Bonchev–Trinajstić information content (AvgIpc) is 2.38. The zero-order valence-corrected chi connectivity index (χ0v) is 9.96. The lowest BCUT2D eigenvalue weighted by Gasteiger charge is -2.13. The smallest absolute Gasteiger partial charge is 0.166 e. The van der Waals surface area contributed by atoms with Gasteiger partial charge in [0, 0.05) is 0 Å². The fourth-order valence-electron chi connectivity index (χ4n) is 1.90. The average molecular weight is 250 g/mol. The van der Waals surface area contributed by atoms with Gasteiger partial charge in [-0.25, -0.2) is 0 Å². The van der Waals surface area contributed by atoms with Crippen LogP contribution in [0.25, 0.3) is 11.1 Å². The molecule has 0 N–H and O–H groups in total. The minimum atomic E-state index is -4.32. The molecule has 0 aliphatic carbocycles. The third-order valence-electron chi connectivity index (χ3n) is 2.91. The minimum Gasteiger partial charge on any atom is -0.166 e. The topological polar surface area (TPSA) is 0 Å². The Balaban J connectivity index is 2.50. The molecule has 3 heteroatoms. The van der Waals surface area contributed by atoms with Crippen molar-refractivity contribution < 1.29 is 13.2 Å². The van der Waals surface area contributed by atoms with Gasteiger partial charge in [-0.3, -0.25) is 0 Å². The molecule has 0 radical (unpaired) electrons. The van der Waals surface area contributed by atoms with Gasteiger partial charge in [-0.1, -0.05) is 49.4 Å². The van der Waals surface area contributed by atoms with Gasteiger partial charge >= 0.3 is 6.18 Å². The lowest BCUT2D eigenvalue weighted by Crippen LogP contribution is -2.06. The number of halogens is 3. The van der Waals surface area contributed by atoms with Crippen molar-refractivity contribution >= 4 is 0 Å². The molecule has 0 atom stereocenters. The van der Waals surface area contributed by atoms with Gasteiger partial charge in [-0.2, -0.15) is 13.2 Å². The first-order valence-corrected chi connectivity index (χ1v) is 5.78. The highest BCUT2D eigenvalue weighted by Gasteiger charge is 2.33. The summed E-state index contributed by atoms with van der Waals surface area (Å²) in [6.07, 6.45) is -3.44. The van der Waals surface area contributed by atoms with Crippen LogP contribution < -0.4 is 0 Å². The van der Waals surface area contributed by atoms with Gasteiger partial charge in [0.25, 0.3) is 0 Å². The van der Waals surface area contributed by atoms with Crippen molar-refractivity contribution in [2.45, 2.75) is 19.5 Å². The standard InChI is InChI=1S/C15H13F3/c1-2-11-7-9-12(10-8-11)13-5-3-4-6-14(13)15(16,17)18/h3-10H,2H2,1H3. The zero-order valence-electron chi connectivity index (χ0n) is 9.96. The summed E-state index contributed by atoms with van der Waals surface area (Å²) in [7, 11) is 0. The number of alkyl halides is 3. The van der Waals surface area contributed by atoms with Crippen LogP contribution in [0.15, 0.2) is 48.5 Å². The Morgan fingerprint density at radius 1 is 0.889 bits per heavy atom. The summed E-state index contributed by atoms with van der Waals surface area (Å²) in [4.78, 5) is 0. The van der Waals surface area contributed by atoms with Crippen molar-refractivity contribution in [2.75, 3.05) is 0 Å². The van der Waals surface area contributed by atoms with E-state index in [1.807, 2.05) is 19.1 Å². The highest BCUT2D eigenvalue weighted by atomic mass is 19.4. The van der Waals surface area contributed by atoms with Crippen LogP contribution in [0.1, 0.15) is 18.1 Å². The van der Waals surface area contributed by atoms with E-state index in [0.29, 0.717) is 5.56 Å². The Morgan fingerprint density at radius 3 is 2.06 bits per heavy atom. The van der Waals surface area contributed by atoms with Crippen LogP contribution >= 0.6 is 0 Å². The number of rotatable bonds is 2. The maximum absolute atomic E-state index is 12.9. The Bertz CT molecular complexity index is 524. The lowest BCUT2D eigenvalue weighted by atomic mass is 9.98. The first kappa shape index (κ1) is 12.7. The van der Waals surface area contributed by atoms with Crippen molar-refractivity contribution in [3.8, 4) is 11.1 Å². The third-order valence-corrected chi connectivity index (χ3v) is 2.91. The molecule has 0 heterocycles. The molecule has 0 aliphatic rings. The zero-order chi connectivity index (χ0) is 13.2. The predicted molar refractivity (Wildman–Crippen MR) is 66.3 cm³/mol. The summed E-state index contributed by atoms with van der Waals surface area (Å²) in [5.74, 6) is 0. The summed E-state index contributed by atoms with van der Waals surface area (Å²) < 4.78 is 38.6. The van der Waals surface area contributed by atoms with Crippen molar-refractivity contribution in [3.63, 3.8) is 0 Å². The summed E-state index contributed by atoms with van der Waals surface area (Å²) in [5, 5.41) is 0. The van der Waals surface area contributed by atoms with Crippen LogP contribution in [0.2, 0.25) is 0 Å². The van der Waals surface area contributed by atoms with Crippen LogP contribution in [0.3, 0.4) is 0 Å². The van der Waals surface area contributed by atoms with Crippen LogP contribution in [0, 0.1) is 0 Å². The van der Waals surface area contributed by atoms with E-state index in [2.05, 4.69) is 0 Å². The summed E-state index contributed by atoms with van der Waals surface area (Å²) in [6.45, 7) is 2.01. The quantitative estimate of drug-likeness (QED) is 0.708. The lowest BCUT2D eigenvalue weighted by molar-refractivity contribution is -0.137. The summed E-state index contributed by atoms with van der Waals surface area (Å²) in [6, 6.07) is 12.9. The Morgan fingerprint density at radius 2 is 1.50 bits per heavy atom. The first-order chi connectivity index (χ1) is 8.52. The molecule has 0 aliphatic heterocycles. The number of hydrogen-bond donors (Lipinski definition) is 0. The molecule has 2 aromatic carbocycles. The number of aryl methyl sites for hydroxylation is 1. The van der Waals surface area contributed by atoms with Crippen molar-refractivity contribution in [3.05, 3.63) is 59.7 Å². The van der Waals surface area contributed by atoms with E-state index in [1.165, 1.54) is 12.1 Å². The van der Waals surface area contributed by atoms with Gasteiger partial charge in [0.05, 0.1) is 5.56 Å². The summed E-state index contributed by atoms with van der Waals surface area (Å²) >= 11 is 0. The molecule has 0 spiro atoms. The molecule has 2 rings (SSSR count). The number of hydrogen-bond acceptors (Lipinski definition) is 0. The number of benzene rings is 2. The van der Waals surface area contributed by atoms with Gasteiger partial charge < -0.3 is 0 Å². The predicted octanol–water partition coefficient (Wildman–Crippen LogP) is 4.93. The normalized spacial score (nSPS) is 11.6. The van der Waals surface area contributed by atoms with E-state index in [0.717, 1.165) is 18.1 Å². The van der Waals surface area contributed by atoms with E-state index in [1.54, 1.807) is 18.2 Å². The van der Waals surface area contributed by atoms with Crippen molar-refractivity contribution in [1.82, 2.24) is 0 Å². The Labute approximate surface area is 104 Å². The highest BCUT2D eigenvalue weighted by Crippen LogP contribution is 2.36. The molecule has 0 nitrogen and oxygen atoms in total. The Kier molecular flexibility index (Phi) is 3.41. The van der Waals surface area contributed by atoms with Crippen molar-refractivity contribution in [1.29, 1.82) is 0 Å². The minimum absolute atomic E-state index is 0.229. The van der Waals surface area contributed by atoms with E-state index in [9.17, 15) is 13.2 Å². The molecule has 0 aromatic heterocycles. The fourth-order valence-corrected chi connectivity index (χ4v) is 1.90. The van der Waals surface area contributed by atoms with E-state index >= 15 is 0 Å². The van der Waals surface area contributed by atoms with Crippen LogP contribution in [-0.4, -0.2) is 0 Å².